The molecule has 0 radical (unpaired) electrons. The fraction of sp³-hybridized carbons (Fsp3) is 0.625. The molecule has 0 unspecified atom stereocenters. The molecular formula is C48H76O3. The van der Waals surface area contributed by atoms with Gasteiger partial charge in [0.05, 0.1) is 12.9 Å². The summed E-state index contributed by atoms with van der Waals surface area (Å²) in [6.07, 6.45) is 5.79. The van der Waals surface area contributed by atoms with Crippen molar-refractivity contribution in [1.29, 1.82) is 0 Å². The van der Waals surface area contributed by atoms with E-state index in [-0.39, 0.29) is 20.3 Å². The van der Waals surface area contributed by atoms with Gasteiger partial charge < -0.3 is 13.6 Å². The highest BCUT2D eigenvalue weighted by Crippen LogP contribution is 2.47. The number of hydrogen-bond donors (Lipinski definition) is 0. The van der Waals surface area contributed by atoms with Crippen LogP contribution in [0.3, 0.4) is 0 Å². The van der Waals surface area contributed by atoms with E-state index in [9.17, 15) is 0 Å². The van der Waals surface area contributed by atoms with Crippen LogP contribution in [0.15, 0.2) is 69.7 Å². The molecule has 3 heterocycles. The molecule has 3 atom stereocenters. The molecule has 2 aromatic heterocycles. The lowest BCUT2D eigenvalue weighted by Gasteiger charge is -2.34. The Morgan fingerprint density at radius 2 is 1.25 bits per heavy atom. The Morgan fingerprint density at radius 1 is 0.647 bits per heavy atom. The summed E-state index contributed by atoms with van der Waals surface area (Å²) in [4.78, 5) is 0. The summed E-state index contributed by atoms with van der Waals surface area (Å²) in [5.41, 5.74) is 5.65. The van der Waals surface area contributed by atoms with E-state index in [1.165, 1.54) is 40.7 Å². The molecule has 0 amide bonds. The molecule has 0 bridgehead atoms. The summed E-state index contributed by atoms with van der Waals surface area (Å²) in [7, 11) is 0. The molecule has 2 aromatic carbocycles. The zero-order chi connectivity index (χ0) is 36.3. The normalized spacial score (nSPS) is 16.0. The largest absolute Gasteiger partial charge is 0.493 e. The van der Waals surface area contributed by atoms with Gasteiger partial charge in [0.25, 0.3) is 0 Å². The van der Waals surface area contributed by atoms with Crippen molar-refractivity contribution in [1.82, 2.24) is 0 Å². The summed E-state index contributed by atoms with van der Waals surface area (Å²) < 4.78 is 17.5. The summed E-state index contributed by atoms with van der Waals surface area (Å²) >= 11 is 0. The average molecular weight is 701 g/mol. The molecule has 0 spiro atoms. The third-order valence-corrected chi connectivity index (χ3v) is 10.5. The van der Waals surface area contributed by atoms with Crippen molar-refractivity contribution in [3.63, 3.8) is 0 Å². The number of para-hydroxylation sites is 1. The first-order valence-electron chi connectivity index (χ1n) is 19.2. The molecule has 3 nitrogen and oxygen atoms in total. The fourth-order valence-electron chi connectivity index (χ4n) is 8.58. The Balaban J connectivity index is 0.000000261. The third-order valence-electron chi connectivity index (χ3n) is 10.5. The van der Waals surface area contributed by atoms with Crippen LogP contribution in [0.1, 0.15) is 177 Å². The molecule has 1 saturated carbocycles. The number of benzene rings is 2. The lowest BCUT2D eigenvalue weighted by atomic mass is 9.70. The number of hydrogen-bond acceptors (Lipinski definition) is 3. The monoisotopic (exact) mass is 701 g/mol. The second-order valence-corrected chi connectivity index (χ2v) is 18.4. The first kappa shape index (κ1) is 44.2. The molecule has 51 heavy (non-hydrogen) atoms. The van der Waals surface area contributed by atoms with Crippen LogP contribution < -0.4 is 4.74 Å². The molecule has 3 heteroatoms. The second kappa shape index (κ2) is 18.2. The standard InChI is InChI=1S/C16H24O.C16H22O.C14H22O.2CH4/c1-11(2)15(16(3,4)5)13-7-6-12-8-9-17-14(12)10-13;1-11(2)15(16(3,4)5)14-10-12-8-6-7-9-13(12)17-14;1-9(2)12-7-13(15-8-12)14(10(3)4)11-5-6-11;;/h6-7,10-11,15H,8-9H2,1-5H3;6-11,15H,1-5H3;7-11,14H,5-6H2,1-4H3;2*1H4/t2*15-;14-;;/m001../s1. The van der Waals surface area contributed by atoms with Gasteiger partial charge in [-0.05, 0) is 100 Å². The SMILES string of the molecule is C.C.CC(C)[C@@H](c1cc2ccccc2o1)C(C)(C)C.CC(C)[C@@H](c1ccc2c(c1)OCC2)C(C)(C)C.CC(C)c1coc([C@H](C(C)C)C2CC2)c1. The fourth-order valence-corrected chi connectivity index (χ4v) is 8.58. The zero-order valence-corrected chi connectivity index (χ0v) is 33.4. The van der Waals surface area contributed by atoms with E-state index in [4.69, 9.17) is 13.6 Å². The molecule has 286 valence electrons. The molecule has 4 aromatic rings. The first-order valence-corrected chi connectivity index (χ1v) is 19.2. The van der Waals surface area contributed by atoms with Crippen LogP contribution >= 0.6 is 0 Å². The van der Waals surface area contributed by atoms with Crippen molar-refractivity contribution in [3.8, 4) is 5.75 Å². The quantitative estimate of drug-likeness (QED) is 0.184. The number of furan rings is 2. The molecule has 1 fully saturated rings. The summed E-state index contributed by atoms with van der Waals surface area (Å²) in [5, 5.41) is 1.21. The van der Waals surface area contributed by atoms with Gasteiger partial charge in [-0.3, -0.25) is 0 Å². The lowest BCUT2D eigenvalue weighted by molar-refractivity contribution is 0.228. The van der Waals surface area contributed by atoms with Gasteiger partial charge in [0.2, 0.25) is 0 Å². The van der Waals surface area contributed by atoms with Crippen LogP contribution in [-0.2, 0) is 6.42 Å². The zero-order valence-electron chi connectivity index (χ0n) is 33.4. The molecule has 2 aliphatic rings. The van der Waals surface area contributed by atoms with Crippen molar-refractivity contribution in [3.05, 3.63) is 89.1 Å². The van der Waals surface area contributed by atoms with Gasteiger partial charge in [-0.1, -0.05) is 142 Å². The highest BCUT2D eigenvalue weighted by molar-refractivity contribution is 5.77. The number of fused-ring (bicyclic) bond motifs is 2. The van der Waals surface area contributed by atoms with Crippen LogP contribution in [0.4, 0.5) is 0 Å². The number of rotatable bonds is 8. The van der Waals surface area contributed by atoms with Gasteiger partial charge in [0.1, 0.15) is 22.9 Å². The Bertz CT molecular complexity index is 1560. The minimum absolute atomic E-state index is 0. The average Bonchev–Trinajstić information content (AvgIpc) is 3.34. The van der Waals surface area contributed by atoms with Crippen molar-refractivity contribution in [2.45, 2.75) is 155 Å². The minimum atomic E-state index is 0. The topological polar surface area (TPSA) is 35.5 Å². The van der Waals surface area contributed by atoms with Crippen LogP contribution in [0.5, 0.6) is 5.75 Å². The summed E-state index contributed by atoms with van der Waals surface area (Å²) in [6, 6.07) is 19.5. The maximum absolute atomic E-state index is 6.02. The molecule has 1 aliphatic heterocycles. The van der Waals surface area contributed by atoms with E-state index in [1.54, 1.807) is 0 Å². The van der Waals surface area contributed by atoms with Gasteiger partial charge in [-0.15, -0.1) is 0 Å². The van der Waals surface area contributed by atoms with E-state index < -0.39 is 0 Å². The van der Waals surface area contributed by atoms with Gasteiger partial charge in [-0.25, -0.2) is 0 Å². The predicted octanol–water partition coefficient (Wildman–Crippen LogP) is 15.5. The van der Waals surface area contributed by atoms with Crippen molar-refractivity contribution < 1.29 is 13.6 Å². The van der Waals surface area contributed by atoms with E-state index in [2.05, 4.69) is 139 Å². The van der Waals surface area contributed by atoms with E-state index in [0.717, 1.165) is 36.0 Å². The number of ether oxygens (including phenoxy) is 1. The van der Waals surface area contributed by atoms with Crippen LogP contribution in [-0.4, -0.2) is 6.61 Å². The Kier molecular flexibility index (Phi) is 15.8. The highest BCUT2D eigenvalue weighted by Gasteiger charge is 2.36. The summed E-state index contributed by atoms with van der Waals surface area (Å²) in [6.45, 7) is 32.9. The first-order chi connectivity index (χ1) is 22.9. The van der Waals surface area contributed by atoms with E-state index in [1.807, 2.05) is 18.4 Å². The van der Waals surface area contributed by atoms with E-state index in [0.29, 0.717) is 46.8 Å². The predicted molar refractivity (Wildman–Crippen MR) is 222 cm³/mol. The summed E-state index contributed by atoms with van der Waals surface area (Å²) in [5.74, 6) is 8.52. The maximum atomic E-state index is 6.02. The van der Waals surface area contributed by atoms with Crippen LogP contribution in [0.25, 0.3) is 11.0 Å². The van der Waals surface area contributed by atoms with Gasteiger partial charge in [0, 0.05) is 23.6 Å². The van der Waals surface area contributed by atoms with Gasteiger partial charge in [-0.2, -0.15) is 0 Å². The molecule has 6 rings (SSSR count). The Hall–Kier alpha value is -2.94. The van der Waals surface area contributed by atoms with Crippen LogP contribution in [0, 0.1) is 34.5 Å². The smallest absolute Gasteiger partial charge is 0.134 e. The minimum Gasteiger partial charge on any atom is -0.493 e. The lowest BCUT2D eigenvalue weighted by Crippen LogP contribution is -2.23. The van der Waals surface area contributed by atoms with Crippen molar-refractivity contribution >= 4 is 11.0 Å². The van der Waals surface area contributed by atoms with Crippen LogP contribution in [0.2, 0.25) is 0 Å². The molecule has 0 saturated heterocycles. The molecular weight excluding hydrogens is 625 g/mol. The third kappa shape index (κ3) is 11.5. The highest BCUT2D eigenvalue weighted by atomic mass is 16.5. The second-order valence-electron chi connectivity index (χ2n) is 18.4. The molecule has 0 N–H and O–H groups in total. The Labute approximate surface area is 314 Å². The molecule has 1 aliphatic carbocycles. The van der Waals surface area contributed by atoms with E-state index >= 15 is 0 Å². The van der Waals surface area contributed by atoms with Gasteiger partial charge in [0.15, 0.2) is 0 Å². The van der Waals surface area contributed by atoms with Crippen molar-refractivity contribution in [2.24, 2.45) is 34.5 Å². The van der Waals surface area contributed by atoms with Gasteiger partial charge >= 0.3 is 0 Å². The maximum Gasteiger partial charge on any atom is 0.134 e. The Morgan fingerprint density at radius 3 is 1.75 bits per heavy atom. The van der Waals surface area contributed by atoms with Crippen molar-refractivity contribution in [2.75, 3.05) is 6.61 Å².